The molecule has 2 bridgehead atoms. The molecule has 3 heteroatoms. The monoisotopic (exact) mass is 286 g/mol. The second-order valence-corrected chi connectivity index (χ2v) is 6.98. The van der Waals surface area contributed by atoms with Crippen LogP contribution in [0, 0.1) is 5.92 Å². The third-order valence-corrected chi connectivity index (χ3v) is 5.27. The number of rotatable bonds is 7. The number of hydrogen-bond acceptors (Lipinski definition) is 3. The van der Waals surface area contributed by atoms with Gasteiger partial charge in [-0.1, -0.05) is 12.1 Å². The van der Waals surface area contributed by atoms with Gasteiger partial charge < -0.3 is 10.1 Å². The number of piperidine rings is 1. The SMILES string of the molecule is c1cc(OCCN2CC3CCC2C3)ccc1CNC1CC1. The quantitative estimate of drug-likeness (QED) is 0.834. The minimum Gasteiger partial charge on any atom is -0.492 e. The molecule has 1 aliphatic heterocycles. The van der Waals surface area contributed by atoms with Crippen molar-refractivity contribution in [2.75, 3.05) is 19.7 Å². The number of likely N-dealkylation sites (tertiary alicyclic amines) is 1. The van der Waals surface area contributed by atoms with Crippen molar-refractivity contribution in [1.82, 2.24) is 10.2 Å². The van der Waals surface area contributed by atoms with Crippen LogP contribution in [0.25, 0.3) is 0 Å². The highest BCUT2D eigenvalue weighted by Gasteiger charge is 2.37. The first-order valence-corrected chi connectivity index (χ1v) is 8.56. The maximum absolute atomic E-state index is 5.91. The Kier molecular flexibility index (Phi) is 3.87. The van der Waals surface area contributed by atoms with Gasteiger partial charge in [-0.15, -0.1) is 0 Å². The van der Waals surface area contributed by atoms with Crippen molar-refractivity contribution in [1.29, 1.82) is 0 Å². The lowest BCUT2D eigenvalue weighted by molar-refractivity contribution is 0.172. The molecule has 0 radical (unpaired) electrons. The summed E-state index contributed by atoms with van der Waals surface area (Å²) >= 11 is 0. The number of benzene rings is 1. The van der Waals surface area contributed by atoms with Crippen LogP contribution in [0.4, 0.5) is 0 Å². The lowest BCUT2D eigenvalue weighted by atomic mass is 10.1. The molecule has 4 rings (SSSR count). The first kappa shape index (κ1) is 13.6. The van der Waals surface area contributed by atoms with E-state index < -0.39 is 0 Å². The van der Waals surface area contributed by atoms with Crippen LogP contribution < -0.4 is 10.1 Å². The van der Waals surface area contributed by atoms with Crippen molar-refractivity contribution >= 4 is 0 Å². The summed E-state index contributed by atoms with van der Waals surface area (Å²) in [7, 11) is 0. The second-order valence-electron chi connectivity index (χ2n) is 6.98. The van der Waals surface area contributed by atoms with Crippen LogP contribution in [-0.2, 0) is 6.54 Å². The zero-order chi connectivity index (χ0) is 14.1. The highest BCUT2D eigenvalue weighted by Crippen LogP contribution is 2.36. The van der Waals surface area contributed by atoms with E-state index in [9.17, 15) is 0 Å². The minimum atomic E-state index is 0.775. The number of fused-ring (bicyclic) bond motifs is 2. The molecule has 2 unspecified atom stereocenters. The highest BCUT2D eigenvalue weighted by atomic mass is 16.5. The molecule has 1 heterocycles. The van der Waals surface area contributed by atoms with Gasteiger partial charge in [0.1, 0.15) is 12.4 Å². The van der Waals surface area contributed by atoms with E-state index in [4.69, 9.17) is 4.74 Å². The van der Waals surface area contributed by atoms with E-state index in [0.717, 1.165) is 43.4 Å². The molecule has 0 amide bonds. The van der Waals surface area contributed by atoms with Crippen molar-refractivity contribution < 1.29 is 4.74 Å². The zero-order valence-corrected chi connectivity index (χ0v) is 12.8. The van der Waals surface area contributed by atoms with Gasteiger partial charge in [0.25, 0.3) is 0 Å². The van der Waals surface area contributed by atoms with Gasteiger partial charge in [0, 0.05) is 31.7 Å². The van der Waals surface area contributed by atoms with Gasteiger partial charge in [0.05, 0.1) is 0 Å². The Morgan fingerprint density at radius 2 is 1.95 bits per heavy atom. The fourth-order valence-electron chi connectivity index (χ4n) is 3.83. The summed E-state index contributed by atoms with van der Waals surface area (Å²) < 4.78 is 5.91. The zero-order valence-electron chi connectivity index (χ0n) is 12.8. The predicted octanol–water partition coefficient (Wildman–Crippen LogP) is 2.80. The summed E-state index contributed by atoms with van der Waals surface area (Å²) in [4.78, 5) is 2.63. The van der Waals surface area contributed by atoms with Crippen molar-refractivity contribution in [3.63, 3.8) is 0 Å². The van der Waals surface area contributed by atoms with Gasteiger partial charge in [-0.25, -0.2) is 0 Å². The van der Waals surface area contributed by atoms with Crippen molar-refractivity contribution in [2.24, 2.45) is 5.92 Å². The Hall–Kier alpha value is -1.06. The van der Waals surface area contributed by atoms with Crippen LogP contribution in [0.3, 0.4) is 0 Å². The lowest BCUT2D eigenvalue weighted by Gasteiger charge is -2.26. The second kappa shape index (κ2) is 5.98. The number of nitrogens with one attached hydrogen (secondary N) is 1. The molecule has 2 saturated carbocycles. The molecule has 3 fully saturated rings. The smallest absolute Gasteiger partial charge is 0.119 e. The molecule has 1 N–H and O–H groups in total. The summed E-state index contributed by atoms with van der Waals surface area (Å²) in [5.41, 5.74) is 1.35. The number of nitrogens with zero attached hydrogens (tertiary/aromatic N) is 1. The maximum Gasteiger partial charge on any atom is 0.119 e. The van der Waals surface area contributed by atoms with E-state index in [1.807, 2.05) is 0 Å². The van der Waals surface area contributed by atoms with Gasteiger partial charge in [-0.2, -0.15) is 0 Å². The molecule has 1 saturated heterocycles. The van der Waals surface area contributed by atoms with Crippen LogP contribution in [0.15, 0.2) is 24.3 Å². The van der Waals surface area contributed by atoms with Crippen LogP contribution in [0.2, 0.25) is 0 Å². The van der Waals surface area contributed by atoms with E-state index >= 15 is 0 Å². The average Bonchev–Trinajstić information content (AvgIpc) is 3.11. The number of hydrogen-bond donors (Lipinski definition) is 1. The predicted molar refractivity (Wildman–Crippen MR) is 84.5 cm³/mol. The maximum atomic E-state index is 5.91. The molecule has 0 aromatic heterocycles. The highest BCUT2D eigenvalue weighted by molar-refractivity contribution is 5.27. The van der Waals surface area contributed by atoms with Crippen molar-refractivity contribution in [2.45, 2.75) is 50.7 Å². The van der Waals surface area contributed by atoms with E-state index in [0.29, 0.717) is 0 Å². The third kappa shape index (κ3) is 3.41. The molecule has 3 nitrogen and oxygen atoms in total. The van der Waals surface area contributed by atoms with Gasteiger partial charge in [0.15, 0.2) is 0 Å². The van der Waals surface area contributed by atoms with Crippen LogP contribution in [0.5, 0.6) is 5.75 Å². The molecular weight excluding hydrogens is 260 g/mol. The summed E-state index contributed by atoms with van der Waals surface area (Å²) in [6, 6.07) is 10.2. The van der Waals surface area contributed by atoms with E-state index in [1.54, 1.807) is 0 Å². The summed E-state index contributed by atoms with van der Waals surface area (Å²) in [5.74, 6) is 1.99. The molecule has 114 valence electrons. The van der Waals surface area contributed by atoms with E-state index in [2.05, 4.69) is 34.5 Å². The Labute approximate surface area is 127 Å². The lowest BCUT2D eigenvalue weighted by Crippen LogP contribution is -2.35. The first-order chi connectivity index (χ1) is 10.4. The molecule has 2 atom stereocenters. The van der Waals surface area contributed by atoms with Gasteiger partial charge in [-0.3, -0.25) is 4.90 Å². The van der Waals surface area contributed by atoms with Crippen LogP contribution in [-0.4, -0.2) is 36.7 Å². The van der Waals surface area contributed by atoms with Crippen LogP contribution >= 0.6 is 0 Å². The summed E-state index contributed by atoms with van der Waals surface area (Å²) in [6.07, 6.45) is 6.99. The van der Waals surface area contributed by atoms with Gasteiger partial charge >= 0.3 is 0 Å². The summed E-state index contributed by atoms with van der Waals surface area (Å²) in [6.45, 7) is 4.20. The molecule has 2 aliphatic carbocycles. The van der Waals surface area contributed by atoms with Crippen molar-refractivity contribution in [3.8, 4) is 5.75 Å². The van der Waals surface area contributed by atoms with E-state index in [-0.39, 0.29) is 0 Å². The fraction of sp³-hybridized carbons (Fsp3) is 0.667. The van der Waals surface area contributed by atoms with E-state index in [1.165, 1.54) is 44.2 Å². The standard InChI is InChI=1S/C18H26N2O/c1-6-17-11-15(1)13-20(17)9-10-21-18-7-2-14(3-8-18)12-19-16-4-5-16/h2-3,7-8,15-17,19H,1,4-6,9-13H2. The Morgan fingerprint density at radius 3 is 2.62 bits per heavy atom. The molecule has 0 spiro atoms. The fourth-order valence-corrected chi connectivity index (χ4v) is 3.83. The molecule has 1 aromatic carbocycles. The van der Waals surface area contributed by atoms with Gasteiger partial charge in [0.2, 0.25) is 0 Å². The Bertz CT molecular complexity index is 469. The summed E-state index contributed by atoms with van der Waals surface area (Å²) in [5, 5.41) is 3.54. The molecule has 21 heavy (non-hydrogen) atoms. The molecule has 3 aliphatic rings. The normalized spacial score (nSPS) is 28.2. The topological polar surface area (TPSA) is 24.5 Å². The largest absolute Gasteiger partial charge is 0.492 e. The third-order valence-electron chi connectivity index (χ3n) is 5.27. The first-order valence-electron chi connectivity index (χ1n) is 8.56. The average molecular weight is 286 g/mol. The minimum absolute atomic E-state index is 0.775. The Morgan fingerprint density at radius 1 is 1.10 bits per heavy atom. The number of ether oxygens (including phenoxy) is 1. The van der Waals surface area contributed by atoms with Gasteiger partial charge in [-0.05, 0) is 55.7 Å². The van der Waals surface area contributed by atoms with Crippen molar-refractivity contribution in [3.05, 3.63) is 29.8 Å². The molecular formula is C18H26N2O. The Balaban J connectivity index is 1.19. The molecule has 1 aromatic rings. The van der Waals surface area contributed by atoms with Crippen LogP contribution in [0.1, 0.15) is 37.7 Å².